The number of ether oxygens (including phenoxy) is 1. The van der Waals surface area contributed by atoms with Gasteiger partial charge < -0.3 is 10.1 Å². The highest BCUT2D eigenvalue weighted by Crippen LogP contribution is 2.19. The van der Waals surface area contributed by atoms with Crippen molar-refractivity contribution in [3.63, 3.8) is 0 Å². The number of rotatable bonds is 6. The average molecular weight is 374 g/mol. The van der Waals surface area contributed by atoms with E-state index in [2.05, 4.69) is 21.6 Å². The molecule has 0 atom stereocenters. The van der Waals surface area contributed by atoms with Crippen LogP contribution in [-0.2, 0) is 18.1 Å². The molecular weight excluding hydrogens is 354 g/mol. The lowest BCUT2D eigenvalue weighted by molar-refractivity contribution is -0.116. The Morgan fingerprint density at radius 1 is 1.23 bits per heavy atom. The molecule has 1 N–H and O–H groups in total. The van der Waals surface area contributed by atoms with Crippen LogP contribution in [0.15, 0.2) is 36.8 Å². The van der Waals surface area contributed by atoms with Crippen LogP contribution in [0, 0.1) is 20.8 Å². The van der Waals surface area contributed by atoms with Gasteiger partial charge in [-0.2, -0.15) is 10.2 Å². The summed E-state index contributed by atoms with van der Waals surface area (Å²) in [5, 5.41) is 11.6. The zero-order valence-electron chi connectivity index (χ0n) is 14.9. The highest BCUT2D eigenvalue weighted by atomic mass is 35.5. The van der Waals surface area contributed by atoms with E-state index >= 15 is 0 Å². The summed E-state index contributed by atoms with van der Waals surface area (Å²) in [7, 11) is 0. The van der Waals surface area contributed by atoms with E-state index < -0.39 is 0 Å². The lowest BCUT2D eigenvalue weighted by atomic mass is 10.1. The van der Waals surface area contributed by atoms with Crippen molar-refractivity contribution in [3.8, 4) is 5.75 Å². The number of hydrogen-bond acceptors (Lipinski definition) is 4. The number of hydrogen-bond donors (Lipinski definition) is 1. The molecule has 0 unspecified atom stereocenters. The number of aryl methyl sites for hydroxylation is 2. The van der Waals surface area contributed by atoms with Crippen LogP contribution in [-0.4, -0.2) is 25.5 Å². The highest BCUT2D eigenvalue weighted by molar-refractivity contribution is 6.31. The van der Waals surface area contributed by atoms with Gasteiger partial charge in [-0.25, -0.2) is 4.68 Å². The zero-order valence-corrected chi connectivity index (χ0v) is 15.6. The van der Waals surface area contributed by atoms with Crippen LogP contribution in [0.25, 0.3) is 0 Å². The van der Waals surface area contributed by atoms with Gasteiger partial charge in [0.1, 0.15) is 12.3 Å². The van der Waals surface area contributed by atoms with E-state index in [9.17, 15) is 4.79 Å². The molecule has 1 amide bonds. The summed E-state index contributed by atoms with van der Waals surface area (Å²) < 4.78 is 8.93. The average Bonchev–Trinajstić information content (AvgIpc) is 3.15. The van der Waals surface area contributed by atoms with E-state index in [4.69, 9.17) is 16.3 Å². The predicted octanol–water partition coefficient (Wildman–Crippen LogP) is 3.33. The van der Waals surface area contributed by atoms with Gasteiger partial charge in [0.15, 0.2) is 6.73 Å². The Hall–Kier alpha value is -2.80. The molecule has 0 aliphatic heterocycles. The third kappa shape index (κ3) is 4.23. The topological polar surface area (TPSA) is 74.0 Å². The third-order valence-electron chi connectivity index (χ3n) is 3.94. The van der Waals surface area contributed by atoms with E-state index in [1.54, 1.807) is 21.8 Å². The molecule has 0 aliphatic carbocycles. The molecule has 0 bridgehead atoms. The molecule has 0 saturated heterocycles. The molecule has 26 heavy (non-hydrogen) atoms. The van der Waals surface area contributed by atoms with Crippen molar-refractivity contribution in [1.82, 2.24) is 19.6 Å². The summed E-state index contributed by atoms with van der Waals surface area (Å²) in [6.07, 6.45) is 4.81. The number of amides is 1. The van der Waals surface area contributed by atoms with Crippen molar-refractivity contribution >= 4 is 23.2 Å². The molecule has 2 heterocycles. The second-order valence-corrected chi connectivity index (χ2v) is 6.50. The molecule has 7 nitrogen and oxygen atoms in total. The summed E-state index contributed by atoms with van der Waals surface area (Å²) in [4.78, 5) is 12.1. The van der Waals surface area contributed by atoms with E-state index in [0.717, 1.165) is 17.0 Å². The summed E-state index contributed by atoms with van der Waals surface area (Å²) in [6, 6.07) is 6.00. The second kappa shape index (κ2) is 7.61. The molecule has 136 valence electrons. The lowest BCUT2D eigenvalue weighted by Gasteiger charge is -2.09. The van der Waals surface area contributed by atoms with E-state index in [1.165, 1.54) is 11.8 Å². The van der Waals surface area contributed by atoms with Gasteiger partial charge >= 0.3 is 0 Å². The number of carbonyl (C=O) groups excluding carboxylic acids is 1. The van der Waals surface area contributed by atoms with Crippen molar-refractivity contribution in [2.75, 3.05) is 5.32 Å². The Morgan fingerprint density at radius 2 is 2.04 bits per heavy atom. The quantitative estimate of drug-likeness (QED) is 0.719. The molecule has 2 aromatic heterocycles. The molecule has 0 saturated carbocycles. The van der Waals surface area contributed by atoms with Gasteiger partial charge in [-0.15, -0.1) is 0 Å². The third-order valence-corrected chi connectivity index (χ3v) is 4.31. The van der Waals surface area contributed by atoms with Crippen LogP contribution in [0.2, 0.25) is 5.02 Å². The number of aromatic nitrogens is 4. The van der Waals surface area contributed by atoms with Crippen LogP contribution < -0.4 is 10.1 Å². The minimum absolute atomic E-state index is 0.0861. The van der Waals surface area contributed by atoms with Crippen LogP contribution >= 0.6 is 11.6 Å². The molecule has 3 aromatic rings. The zero-order chi connectivity index (χ0) is 18.7. The van der Waals surface area contributed by atoms with Crippen molar-refractivity contribution < 1.29 is 9.53 Å². The van der Waals surface area contributed by atoms with Gasteiger partial charge in [0, 0.05) is 0 Å². The number of halogens is 1. The molecule has 0 aliphatic rings. The molecule has 1 aromatic carbocycles. The predicted molar refractivity (Wildman–Crippen MR) is 99.4 cm³/mol. The van der Waals surface area contributed by atoms with Gasteiger partial charge in [0.05, 0.1) is 35.0 Å². The molecular formula is C18H20ClN5O2. The van der Waals surface area contributed by atoms with Gasteiger partial charge in [0.2, 0.25) is 5.91 Å². The largest absolute Gasteiger partial charge is 0.471 e. The van der Waals surface area contributed by atoms with E-state index in [-0.39, 0.29) is 19.2 Å². The summed E-state index contributed by atoms with van der Waals surface area (Å²) >= 11 is 5.94. The van der Waals surface area contributed by atoms with Gasteiger partial charge in [-0.1, -0.05) is 29.3 Å². The standard InChI is InChI=1S/C18H20ClN5O2/c1-12-4-5-17(13(2)6-12)26-11-23-9-15(7-20-23)22-18(25)10-24-14(3)16(19)8-21-24/h4-9H,10-11H2,1-3H3,(H,22,25). The fourth-order valence-corrected chi connectivity index (χ4v) is 2.66. The first-order valence-electron chi connectivity index (χ1n) is 8.12. The number of benzene rings is 1. The fraction of sp³-hybridized carbons (Fsp3) is 0.278. The van der Waals surface area contributed by atoms with E-state index in [0.29, 0.717) is 10.7 Å². The smallest absolute Gasteiger partial charge is 0.246 e. The molecule has 0 spiro atoms. The lowest BCUT2D eigenvalue weighted by Crippen LogP contribution is -2.20. The van der Waals surface area contributed by atoms with Gasteiger partial charge in [0.25, 0.3) is 0 Å². The van der Waals surface area contributed by atoms with Crippen molar-refractivity contribution in [2.45, 2.75) is 34.0 Å². The Kier molecular flexibility index (Phi) is 5.27. The van der Waals surface area contributed by atoms with Crippen molar-refractivity contribution in [1.29, 1.82) is 0 Å². The van der Waals surface area contributed by atoms with Crippen LogP contribution in [0.3, 0.4) is 0 Å². The van der Waals surface area contributed by atoms with Crippen molar-refractivity contribution in [3.05, 3.63) is 58.6 Å². The Balaban J connectivity index is 1.55. The molecule has 3 rings (SSSR count). The second-order valence-electron chi connectivity index (χ2n) is 6.09. The summed E-state index contributed by atoms with van der Waals surface area (Å²) in [6.45, 7) is 6.19. The maximum absolute atomic E-state index is 12.1. The normalized spacial score (nSPS) is 10.8. The highest BCUT2D eigenvalue weighted by Gasteiger charge is 2.10. The monoisotopic (exact) mass is 373 g/mol. The first-order valence-corrected chi connectivity index (χ1v) is 8.50. The number of nitrogens with zero attached hydrogens (tertiary/aromatic N) is 4. The SMILES string of the molecule is Cc1ccc(OCn2cc(NC(=O)Cn3ncc(Cl)c3C)cn2)c(C)c1. The number of nitrogens with one attached hydrogen (secondary N) is 1. The summed E-state index contributed by atoms with van der Waals surface area (Å²) in [5.41, 5.74) is 3.60. The van der Waals surface area contributed by atoms with E-state index in [1.807, 2.05) is 32.9 Å². The number of anilines is 1. The van der Waals surface area contributed by atoms with Gasteiger partial charge in [-0.05, 0) is 32.4 Å². The first kappa shape index (κ1) is 18.0. The minimum Gasteiger partial charge on any atom is -0.471 e. The summed E-state index contributed by atoms with van der Waals surface area (Å²) in [5.74, 6) is 0.602. The fourth-order valence-electron chi connectivity index (χ4n) is 2.52. The molecule has 8 heteroatoms. The van der Waals surface area contributed by atoms with Crippen LogP contribution in [0.4, 0.5) is 5.69 Å². The minimum atomic E-state index is -0.206. The Morgan fingerprint density at radius 3 is 2.73 bits per heavy atom. The number of carbonyl (C=O) groups is 1. The van der Waals surface area contributed by atoms with Crippen LogP contribution in [0.5, 0.6) is 5.75 Å². The Labute approximate surface area is 156 Å². The van der Waals surface area contributed by atoms with Gasteiger partial charge in [-0.3, -0.25) is 9.48 Å². The first-order chi connectivity index (χ1) is 12.4. The molecule has 0 fully saturated rings. The molecule has 0 radical (unpaired) electrons. The van der Waals surface area contributed by atoms with Crippen LogP contribution in [0.1, 0.15) is 16.8 Å². The maximum Gasteiger partial charge on any atom is 0.246 e. The van der Waals surface area contributed by atoms with Crippen molar-refractivity contribution in [2.24, 2.45) is 0 Å². The maximum atomic E-state index is 12.1. The Bertz CT molecular complexity index is 932.